The summed E-state index contributed by atoms with van der Waals surface area (Å²) in [6.45, 7) is 0. The second kappa shape index (κ2) is 5.07. The number of anilines is 1. The molecule has 11 heteroatoms. The van der Waals surface area contributed by atoms with Crippen molar-refractivity contribution in [2.24, 2.45) is 0 Å². The lowest BCUT2D eigenvalue weighted by molar-refractivity contribution is 0.442. The minimum Gasteiger partial charge on any atom is -0.408 e. The van der Waals surface area contributed by atoms with E-state index >= 15 is 0 Å². The van der Waals surface area contributed by atoms with E-state index in [2.05, 4.69) is 20.3 Å². The van der Waals surface area contributed by atoms with Gasteiger partial charge in [0.25, 0.3) is 5.89 Å². The van der Waals surface area contributed by atoms with Crippen LogP contribution in [0.25, 0.3) is 17.3 Å². The molecule has 0 amide bonds. The highest BCUT2D eigenvalue weighted by Gasteiger charge is 2.22. The Morgan fingerprint density at radius 2 is 2.14 bits per heavy atom. The van der Waals surface area contributed by atoms with E-state index in [1.165, 1.54) is 17.1 Å². The molecule has 0 atom stereocenters. The van der Waals surface area contributed by atoms with Gasteiger partial charge in [0, 0.05) is 12.5 Å². The lowest BCUT2D eigenvalue weighted by Crippen LogP contribution is -2.04. The topological polar surface area (TPSA) is 130 Å². The first-order valence-corrected chi connectivity index (χ1v) is 8.13. The second-order valence-corrected chi connectivity index (χ2v) is 6.61. The van der Waals surface area contributed by atoms with Gasteiger partial charge < -0.3 is 10.2 Å². The van der Waals surface area contributed by atoms with Crippen LogP contribution in [0.1, 0.15) is 0 Å². The van der Waals surface area contributed by atoms with E-state index in [-0.39, 0.29) is 17.3 Å². The van der Waals surface area contributed by atoms with Crippen LogP contribution in [-0.4, -0.2) is 39.6 Å². The summed E-state index contributed by atoms with van der Waals surface area (Å²) in [5.41, 5.74) is 6.26. The molecule has 0 saturated carbocycles. The summed E-state index contributed by atoms with van der Waals surface area (Å²) in [5.74, 6) is 0.413. The van der Waals surface area contributed by atoms with Crippen LogP contribution in [0.15, 0.2) is 34.2 Å². The van der Waals surface area contributed by atoms with Crippen LogP contribution in [0.5, 0.6) is 0 Å². The lowest BCUT2D eigenvalue weighted by Gasteiger charge is -2.04. The molecule has 3 aromatic heterocycles. The monoisotopic (exact) mass is 340 g/mol. The molecule has 3 aromatic rings. The number of halogens is 1. The van der Waals surface area contributed by atoms with Gasteiger partial charge in [0.1, 0.15) is 11.4 Å². The molecule has 0 fully saturated rings. The first-order valence-electron chi connectivity index (χ1n) is 5.86. The minimum absolute atomic E-state index is 0.0590. The van der Waals surface area contributed by atoms with E-state index in [0.717, 1.165) is 6.26 Å². The fourth-order valence-electron chi connectivity index (χ4n) is 1.69. The summed E-state index contributed by atoms with van der Waals surface area (Å²) in [7, 11) is -3.60. The number of sulfone groups is 1. The van der Waals surface area contributed by atoms with E-state index in [1.807, 2.05) is 0 Å². The van der Waals surface area contributed by atoms with Crippen LogP contribution in [0.2, 0.25) is 5.02 Å². The van der Waals surface area contributed by atoms with Gasteiger partial charge >= 0.3 is 5.22 Å². The maximum atomic E-state index is 11.4. The van der Waals surface area contributed by atoms with Crippen LogP contribution in [0.4, 0.5) is 5.82 Å². The van der Waals surface area contributed by atoms with Crippen molar-refractivity contribution in [3.63, 3.8) is 0 Å². The Balaban J connectivity index is 2.08. The van der Waals surface area contributed by atoms with Gasteiger partial charge in [-0.3, -0.25) is 0 Å². The van der Waals surface area contributed by atoms with Crippen LogP contribution in [0, 0.1) is 0 Å². The third kappa shape index (κ3) is 2.42. The van der Waals surface area contributed by atoms with Crippen molar-refractivity contribution in [3.8, 4) is 17.3 Å². The molecule has 0 aliphatic heterocycles. The molecule has 0 aliphatic carbocycles. The van der Waals surface area contributed by atoms with Crippen molar-refractivity contribution in [1.82, 2.24) is 25.0 Å². The largest absolute Gasteiger partial charge is 0.408 e. The molecule has 0 bridgehead atoms. The van der Waals surface area contributed by atoms with Crippen LogP contribution >= 0.6 is 11.6 Å². The Morgan fingerprint density at radius 1 is 1.36 bits per heavy atom. The molecule has 0 aromatic carbocycles. The van der Waals surface area contributed by atoms with Gasteiger partial charge in [-0.1, -0.05) is 16.7 Å². The van der Waals surface area contributed by atoms with Gasteiger partial charge in [0.15, 0.2) is 5.82 Å². The fraction of sp³-hybridized carbons (Fsp3) is 0.0909. The van der Waals surface area contributed by atoms with Crippen molar-refractivity contribution in [1.29, 1.82) is 0 Å². The predicted molar refractivity (Wildman–Crippen MR) is 77.2 cm³/mol. The first kappa shape index (κ1) is 14.5. The number of hydrogen-bond donors (Lipinski definition) is 1. The Labute approximate surface area is 129 Å². The van der Waals surface area contributed by atoms with E-state index in [4.69, 9.17) is 21.8 Å². The zero-order chi connectivity index (χ0) is 15.9. The predicted octanol–water partition coefficient (Wildman–Crippen LogP) is 0.956. The first-order chi connectivity index (χ1) is 10.4. The van der Waals surface area contributed by atoms with Crippen molar-refractivity contribution in [2.75, 3.05) is 12.0 Å². The Morgan fingerprint density at radius 3 is 2.77 bits per heavy atom. The summed E-state index contributed by atoms with van der Waals surface area (Å²) in [6, 6.07) is 3.31. The van der Waals surface area contributed by atoms with Gasteiger partial charge in [-0.2, -0.15) is 9.78 Å². The van der Waals surface area contributed by atoms with Crippen molar-refractivity contribution >= 4 is 27.3 Å². The van der Waals surface area contributed by atoms with Gasteiger partial charge in [0.05, 0.1) is 11.2 Å². The number of pyridine rings is 1. The zero-order valence-corrected chi connectivity index (χ0v) is 12.7. The summed E-state index contributed by atoms with van der Waals surface area (Å²) >= 11 is 6.04. The molecule has 0 aliphatic rings. The smallest absolute Gasteiger partial charge is 0.335 e. The Hall–Kier alpha value is -2.46. The molecule has 0 saturated heterocycles. The minimum atomic E-state index is -3.60. The molecular weight excluding hydrogens is 332 g/mol. The fourth-order valence-corrected chi connectivity index (χ4v) is 2.31. The highest BCUT2D eigenvalue weighted by atomic mass is 35.5. The number of nitrogens with two attached hydrogens (primary N) is 1. The molecular formula is C11H9ClN6O3S. The summed E-state index contributed by atoms with van der Waals surface area (Å²) < 4.78 is 29.1. The maximum Gasteiger partial charge on any atom is 0.335 e. The van der Waals surface area contributed by atoms with Gasteiger partial charge in [-0.05, 0) is 12.1 Å². The number of hydrogen-bond acceptors (Lipinski definition) is 8. The third-order valence-corrected chi connectivity index (χ3v) is 3.79. The molecule has 0 radical (unpaired) electrons. The SMILES string of the molecule is CS(=O)(=O)c1nnc(-c2cnn(-c3ncccc3Cl)c2N)o1. The Kier molecular flexibility index (Phi) is 3.34. The van der Waals surface area contributed by atoms with E-state index in [0.29, 0.717) is 10.8 Å². The standard InChI is InChI=1S/C11H9ClN6O3S/c1-22(19,20)11-17-16-10(21-11)6-5-15-18(8(6)13)9-7(12)3-2-4-14-9/h2-5H,13H2,1H3. The number of aromatic nitrogens is 5. The third-order valence-electron chi connectivity index (χ3n) is 2.70. The van der Waals surface area contributed by atoms with Crippen molar-refractivity contribution in [3.05, 3.63) is 29.5 Å². The molecule has 0 unspecified atom stereocenters. The molecule has 3 heterocycles. The molecule has 0 spiro atoms. The average Bonchev–Trinajstić information content (AvgIpc) is 3.05. The van der Waals surface area contributed by atoms with Crippen LogP contribution < -0.4 is 5.73 Å². The van der Waals surface area contributed by atoms with Crippen LogP contribution in [-0.2, 0) is 9.84 Å². The number of rotatable bonds is 3. The van der Waals surface area contributed by atoms with Crippen molar-refractivity contribution < 1.29 is 12.8 Å². The zero-order valence-electron chi connectivity index (χ0n) is 11.1. The molecule has 114 valence electrons. The van der Waals surface area contributed by atoms with Gasteiger partial charge in [-0.25, -0.2) is 13.4 Å². The number of nitrogens with zero attached hydrogens (tertiary/aromatic N) is 5. The maximum absolute atomic E-state index is 11.4. The Bertz CT molecular complexity index is 948. The second-order valence-electron chi connectivity index (χ2n) is 4.31. The lowest BCUT2D eigenvalue weighted by atomic mass is 10.3. The number of nitrogen functional groups attached to an aromatic ring is 1. The molecule has 9 nitrogen and oxygen atoms in total. The molecule has 2 N–H and O–H groups in total. The summed E-state index contributed by atoms with van der Waals surface area (Å²) in [6.07, 6.45) is 3.86. The van der Waals surface area contributed by atoms with Gasteiger partial charge in [-0.15, -0.1) is 5.10 Å². The quantitative estimate of drug-likeness (QED) is 0.746. The normalized spacial score (nSPS) is 11.7. The summed E-state index contributed by atoms with van der Waals surface area (Å²) in [4.78, 5) is 4.09. The molecule has 22 heavy (non-hydrogen) atoms. The average molecular weight is 341 g/mol. The van der Waals surface area contributed by atoms with E-state index in [1.54, 1.807) is 12.1 Å². The summed E-state index contributed by atoms with van der Waals surface area (Å²) in [5, 5.41) is 11.0. The van der Waals surface area contributed by atoms with Crippen LogP contribution in [0.3, 0.4) is 0 Å². The molecule has 3 rings (SSSR count). The van der Waals surface area contributed by atoms with E-state index < -0.39 is 15.1 Å². The highest BCUT2D eigenvalue weighted by Crippen LogP contribution is 2.28. The van der Waals surface area contributed by atoms with E-state index in [9.17, 15) is 8.42 Å². The van der Waals surface area contributed by atoms with Gasteiger partial charge in [0.2, 0.25) is 9.84 Å². The van der Waals surface area contributed by atoms with Crippen molar-refractivity contribution in [2.45, 2.75) is 5.22 Å². The highest BCUT2D eigenvalue weighted by molar-refractivity contribution is 7.90.